The molecule has 6 nitrogen and oxygen atoms in total. The summed E-state index contributed by atoms with van der Waals surface area (Å²) in [5.74, 6) is 0.182. The third-order valence-corrected chi connectivity index (χ3v) is 4.93. The van der Waals surface area contributed by atoms with Gasteiger partial charge in [0.05, 0.1) is 24.3 Å². The first kappa shape index (κ1) is 23.0. The van der Waals surface area contributed by atoms with Gasteiger partial charge in [-0.15, -0.1) is 5.10 Å². The summed E-state index contributed by atoms with van der Waals surface area (Å²) in [7, 11) is 0. The van der Waals surface area contributed by atoms with Crippen LogP contribution in [0, 0.1) is 0 Å². The molecule has 1 N–H and O–H groups in total. The van der Waals surface area contributed by atoms with Crippen molar-refractivity contribution < 1.29 is 22.7 Å². The molecule has 0 saturated heterocycles. The van der Waals surface area contributed by atoms with E-state index in [1.54, 1.807) is 31.2 Å². The van der Waals surface area contributed by atoms with Crippen LogP contribution in [0.1, 0.15) is 18.1 Å². The molecule has 1 heterocycles. The van der Waals surface area contributed by atoms with Crippen LogP contribution >= 0.6 is 0 Å². The third kappa shape index (κ3) is 5.43. The highest BCUT2D eigenvalue weighted by atomic mass is 19.4. The van der Waals surface area contributed by atoms with E-state index >= 15 is 0 Å². The van der Waals surface area contributed by atoms with Crippen LogP contribution in [-0.2, 0) is 17.4 Å². The number of hydrogen-bond acceptors (Lipinski definition) is 4. The minimum Gasteiger partial charge on any atom is -0.463 e. The topological polar surface area (TPSA) is 69.0 Å². The molecule has 4 rings (SSSR count). The SMILES string of the molecule is CCOc1nc(-c2ccc(C(F)(F)F)cc2)n(-c2ccc(NC(=O)Cc3ccccc3)cc2)n1. The largest absolute Gasteiger partial charge is 0.463 e. The van der Waals surface area contributed by atoms with Crippen molar-refractivity contribution in [3.8, 4) is 23.1 Å². The van der Waals surface area contributed by atoms with Crippen LogP contribution in [0.2, 0.25) is 0 Å². The lowest BCUT2D eigenvalue weighted by Crippen LogP contribution is -2.14. The number of anilines is 1. The summed E-state index contributed by atoms with van der Waals surface area (Å²) >= 11 is 0. The number of carbonyl (C=O) groups excluding carboxylic acids is 1. The smallest absolute Gasteiger partial charge is 0.416 e. The molecule has 0 spiro atoms. The van der Waals surface area contributed by atoms with E-state index in [1.165, 1.54) is 16.8 Å². The molecule has 0 unspecified atom stereocenters. The van der Waals surface area contributed by atoms with Crippen LogP contribution in [0.15, 0.2) is 78.9 Å². The normalized spacial score (nSPS) is 11.3. The molecule has 3 aromatic carbocycles. The van der Waals surface area contributed by atoms with E-state index in [0.29, 0.717) is 29.4 Å². The number of benzene rings is 3. The number of aromatic nitrogens is 3. The summed E-state index contributed by atoms with van der Waals surface area (Å²) in [6.45, 7) is 2.12. The van der Waals surface area contributed by atoms with Crippen LogP contribution in [-0.4, -0.2) is 27.3 Å². The van der Waals surface area contributed by atoms with Gasteiger partial charge < -0.3 is 10.1 Å². The summed E-state index contributed by atoms with van der Waals surface area (Å²) in [6, 6.07) is 21.1. The van der Waals surface area contributed by atoms with E-state index in [2.05, 4.69) is 15.4 Å². The maximum Gasteiger partial charge on any atom is 0.416 e. The van der Waals surface area contributed by atoms with Crippen LogP contribution in [0.3, 0.4) is 0 Å². The van der Waals surface area contributed by atoms with Crippen molar-refractivity contribution in [1.82, 2.24) is 14.8 Å². The Kier molecular flexibility index (Phi) is 6.62. The molecule has 0 radical (unpaired) electrons. The Labute approximate surface area is 194 Å². The predicted octanol–water partition coefficient (Wildman–Crippen LogP) is 5.53. The van der Waals surface area contributed by atoms with Crippen molar-refractivity contribution in [2.75, 3.05) is 11.9 Å². The first-order valence-corrected chi connectivity index (χ1v) is 10.5. The average molecular weight is 466 g/mol. The van der Waals surface area contributed by atoms with Gasteiger partial charge in [0.1, 0.15) is 0 Å². The Bertz CT molecular complexity index is 1250. The first-order valence-electron chi connectivity index (χ1n) is 10.5. The van der Waals surface area contributed by atoms with Gasteiger partial charge in [-0.25, -0.2) is 4.68 Å². The Hall–Kier alpha value is -4.14. The zero-order chi connectivity index (χ0) is 24.1. The minimum absolute atomic E-state index is 0.109. The lowest BCUT2D eigenvalue weighted by Gasteiger charge is -2.10. The number of nitrogens with zero attached hydrogens (tertiary/aromatic N) is 3. The molecule has 0 bridgehead atoms. The predicted molar refractivity (Wildman–Crippen MR) is 122 cm³/mol. The molecule has 0 aliphatic rings. The maximum atomic E-state index is 12.9. The molecule has 34 heavy (non-hydrogen) atoms. The van der Waals surface area contributed by atoms with Gasteiger partial charge in [0.25, 0.3) is 0 Å². The second kappa shape index (κ2) is 9.78. The number of amides is 1. The molecule has 1 aromatic heterocycles. The second-order valence-corrected chi connectivity index (χ2v) is 7.40. The summed E-state index contributed by atoms with van der Waals surface area (Å²) in [4.78, 5) is 16.6. The van der Waals surface area contributed by atoms with Crippen molar-refractivity contribution in [3.63, 3.8) is 0 Å². The minimum atomic E-state index is -4.43. The zero-order valence-electron chi connectivity index (χ0n) is 18.2. The number of rotatable bonds is 7. The lowest BCUT2D eigenvalue weighted by atomic mass is 10.1. The van der Waals surface area contributed by atoms with Gasteiger partial charge in [0.2, 0.25) is 5.91 Å². The number of carbonyl (C=O) groups is 1. The molecule has 9 heteroatoms. The molecule has 174 valence electrons. The quantitative estimate of drug-likeness (QED) is 0.389. The van der Waals surface area contributed by atoms with Gasteiger partial charge in [0, 0.05) is 11.3 Å². The molecule has 0 atom stereocenters. The van der Waals surface area contributed by atoms with E-state index in [9.17, 15) is 18.0 Å². The van der Waals surface area contributed by atoms with Gasteiger partial charge >= 0.3 is 12.2 Å². The van der Waals surface area contributed by atoms with Crippen molar-refractivity contribution in [2.45, 2.75) is 19.5 Å². The van der Waals surface area contributed by atoms with Crippen molar-refractivity contribution in [2.24, 2.45) is 0 Å². The van der Waals surface area contributed by atoms with E-state index in [-0.39, 0.29) is 18.3 Å². The third-order valence-electron chi connectivity index (χ3n) is 4.93. The van der Waals surface area contributed by atoms with Gasteiger partial charge in [0.15, 0.2) is 5.82 Å². The number of ether oxygens (including phenoxy) is 1. The van der Waals surface area contributed by atoms with Gasteiger partial charge in [-0.2, -0.15) is 18.2 Å². The highest BCUT2D eigenvalue weighted by molar-refractivity contribution is 5.92. The zero-order valence-corrected chi connectivity index (χ0v) is 18.2. The van der Waals surface area contributed by atoms with Crippen LogP contribution in [0.25, 0.3) is 17.1 Å². The molecule has 0 aliphatic heterocycles. The van der Waals surface area contributed by atoms with Gasteiger partial charge in [-0.05, 0) is 48.9 Å². The Morgan fingerprint density at radius 3 is 2.26 bits per heavy atom. The summed E-state index contributed by atoms with van der Waals surface area (Å²) < 4.78 is 45.7. The van der Waals surface area contributed by atoms with Crippen LogP contribution in [0.4, 0.5) is 18.9 Å². The Balaban J connectivity index is 1.57. The van der Waals surface area contributed by atoms with Crippen molar-refractivity contribution in [3.05, 3.63) is 90.0 Å². The van der Waals surface area contributed by atoms with E-state index < -0.39 is 11.7 Å². The Morgan fingerprint density at radius 1 is 0.971 bits per heavy atom. The standard InChI is InChI=1S/C25H21F3N4O2/c1-2-34-24-30-23(18-8-10-19(11-9-18)25(26,27)28)32(31-24)21-14-12-20(13-15-21)29-22(33)16-17-6-4-3-5-7-17/h3-15H,2,16H2,1H3,(H,29,33). The molecular formula is C25H21F3N4O2. The summed E-state index contributed by atoms with van der Waals surface area (Å²) in [6.07, 6.45) is -4.18. The molecule has 0 fully saturated rings. The van der Waals surface area contributed by atoms with Gasteiger partial charge in [-0.3, -0.25) is 4.79 Å². The van der Waals surface area contributed by atoms with E-state index in [1.807, 2.05) is 30.3 Å². The number of nitrogens with one attached hydrogen (secondary N) is 1. The first-order chi connectivity index (χ1) is 16.3. The molecule has 4 aromatic rings. The Morgan fingerprint density at radius 2 is 1.65 bits per heavy atom. The summed E-state index contributed by atoms with van der Waals surface area (Å²) in [5.41, 5.74) is 1.82. The highest BCUT2D eigenvalue weighted by Crippen LogP contribution is 2.31. The maximum absolute atomic E-state index is 12.9. The van der Waals surface area contributed by atoms with E-state index in [0.717, 1.165) is 17.7 Å². The average Bonchev–Trinajstić information content (AvgIpc) is 3.24. The molecule has 0 saturated carbocycles. The van der Waals surface area contributed by atoms with Crippen molar-refractivity contribution >= 4 is 11.6 Å². The fourth-order valence-corrected chi connectivity index (χ4v) is 3.33. The number of hydrogen-bond donors (Lipinski definition) is 1. The fraction of sp³-hybridized carbons (Fsp3) is 0.160. The molecule has 0 aliphatic carbocycles. The lowest BCUT2D eigenvalue weighted by molar-refractivity contribution is -0.137. The van der Waals surface area contributed by atoms with E-state index in [4.69, 9.17) is 4.74 Å². The van der Waals surface area contributed by atoms with Gasteiger partial charge in [-0.1, -0.05) is 42.5 Å². The van der Waals surface area contributed by atoms with Crippen LogP contribution in [0.5, 0.6) is 6.01 Å². The molecular weight excluding hydrogens is 445 g/mol. The monoisotopic (exact) mass is 466 g/mol. The highest BCUT2D eigenvalue weighted by Gasteiger charge is 2.30. The van der Waals surface area contributed by atoms with Crippen LogP contribution < -0.4 is 10.1 Å². The molecule has 1 amide bonds. The number of alkyl halides is 3. The number of halogens is 3. The fourth-order valence-electron chi connectivity index (χ4n) is 3.33. The van der Waals surface area contributed by atoms with Crippen molar-refractivity contribution in [1.29, 1.82) is 0 Å². The second-order valence-electron chi connectivity index (χ2n) is 7.40. The summed E-state index contributed by atoms with van der Waals surface area (Å²) in [5, 5.41) is 7.18.